The largest absolute Gasteiger partial charge is 0.381 e. The molecule has 0 saturated carbocycles. The van der Waals surface area contributed by atoms with E-state index in [2.05, 4.69) is 5.32 Å². The van der Waals surface area contributed by atoms with Crippen LogP contribution >= 0.6 is 0 Å². The van der Waals surface area contributed by atoms with Gasteiger partial charge in [0.25, 0.3) is 0 Å². The average molecular weight is 147 g/mol. The van der Waals surface area contributed by atoms with Crippen LogP contribution < -0.4 is 5.32 Å². The van der Waals surface area contributed by atoms with Crippen molar-refractivity contribution in [1.29, 1.82) is 0 Å². The fourth-order valence-electron chi connectivity index (χ4n) is 0.510. The van der Waals surface area contributed by atoms with Gasteiger partial charge < -0.3 is 10.1 Å². The average Bonchev–Trinajstić information content (AvgIpc) is 2.48. The third kappa shape index (κ3) is 15.7. The zero-order chi connectivity index (χ0) is 8.24. The molecule has 0 unspecified atom stereocenters. The molecule has 1 aliphatic heterocycles. The lowest BCUT2D eigenvalue weighted by atomic mass is 10.4. The summed E-state index contributed by atoms with van der Waals surface area (Å²) >= 11 is 0. The second kappa shape index (κ2) is 16.0. The molecule has 1 aliphatic rings. The van der Waals surface area contributed by atoms with E-state index in [0.717, 1.165) is 13.2 Å². The fourth-order valence-corrected chi connectivity index (χ4v) is 0.510. The summed E-state index contributed by atoms with van der Waals surface area (Å²) in [5, 5.41) is 2.75. The van der Waals surface area contributed by atoms with Crippen molar-refractivity contribution in [3.63, 3.8) is 0 Å². The number of nitrogens with one attached hydrogen (secondary N) is 1. The Kier molecular flexibility index (Phi) is 20.1. The van der Waals surface area contributed by atoms with E-state index in [1.807, 2.05) is 27.9 Å². The van der Waals surface area contributed by atoms with Crippen molar-refractivity contribution in [2.24, 2.45) is 0 Å². The predicted molar refractivity (Wildman–Crippen MR) is 46.4 cm³/mol. The normalized spacial score (nSPS) is 14.4. The van der Waals surface area contributed by atoms with Crippen LogP contribution in [0.4, 0.5) is 0 Å². The van der Waals surface area contributed by atoms with Gasteiger partial charge in [-0.15, -0.1) is 0 Å². The highest BCUT2D eigenvalue weighted by Gasteiger charge is 1.94. The van der Waals surface area contributed by atoms with Gasteiger partial charge in [0.1, 0.15) is 0 Å². The third-order valence-electron chi connectivity index (χ3n) is 0.827. The Bertz CT molecular complexity index is 28.6. The first-order chi connectivity index (χ1) is 4.91. The molecule has 1 saturated heterocycles. The molecule has 0 bridgehead atoms. The van der Waals surface area contributed by atoms with Crippen molar-refractivity contribution in [3.8, 4) is 0 Å². The molecule has 1 rings (SSSR count). The van der Waals surface area contributed by atoms with Crippen molar-refractivity contribution in [2.45, 2.75) is 26.7 Å². The summed E-state index contributed by atoms with van der Waals surface area (Å²) in [6.45, 7) is 6.00. The van der Waals surface area contributed by atoms with Crippen LogP contribution in [0, 0.1) is 0 Å². The summed E-state index contributed by atoms with van der Waals surface area (Å²) in [7, 11) is 3.75. The maximum Gasteiger partial charge on any atom is 0.0466 e. The van der Waals surface area contributed by atoms with Crippen molar-refractivity contribution >= 4 is 0 Å². The van der Waals surface area contributed by atoms with Crippen LogP contribution in [0.3, 0.4) is 0 Å². The van der Waals surface area contributed by atoms with E-state index in [0.29, 0.717) is 0 Å². The minimum absolute atomic E-state index is 1.00. The van der Waals surface area contributed by atoms with Gasteiger partial charge in [-0.25, -0.2) is 0 Å². The van der Waals surface area contributed by atoms with Gasteiger partial charge in [0, 0.05) is 13.2 Å². The maximum atomic E-state index is 4.94. The summed E-state index contributed by atoms with van der Waals surface area (Å²) in [6, 6.07) is 0. The molecule has 0 aliphatic carbocycles. The van der Waals surface area contributed by atoms with Crippen LogP contribution in [0.5, 0.6) is 0 Å². The van der Waals surface area contributed by atoms with Crippen molar-refractivity contribution in [1.82, 2.24) is 5.32 Å². The van der Waals surface area contributed by atoms with E-state index in [9.17, 15) is 0 Å². The molecular weight excluding hydrogens is 126 g/mol. The first-order valence-corrected chi connectivity index (χ1v) is 4.08. The number of rotatable bonds is 0. The van der Waals surface area contributed by atoms with Gasteiger partial charge in [0.15, 0.2) is 0 Å². The minimum Gasteiger partial charge on any atom is -0.381 e. The molecule has 0 aromatic carbocycles. The smallest absolute Gasteiger partial charge is 0.0466 e. The molecule has 10 heavy (non-hydrogen) atoms. The highest BCUT2D eigenvalue weighted by molar-refractivity contribution is 4.43. The van der Waals surface area contributed by atoms with E-state index in [1.165, 1.54) is 12.8 Å². The Morgan fingerprint density at radius 2 is 1.30 bits per heavy atom. The van der Waals surface area contributed by atoms with Crippen LogP contribution in [0.2, 0.25) is 0 Å². The topological polar surface area (TPSA) is 21.3 Å². The Morgan fingerprint density at radius 3 is 1.40 bits per heavy atom. The lowest BCUT2D eigenvalue weighted by molar-refractivity contribution is 0.198. The highest BCUT2D eigenvalue weighted by Crippen LogP contribution is 1.98. The quantitative estimate of drug-likeness (QED) is 0.562. The van der Waals surface area contributed by atoms with Crippen LogP contribution in [0.1, 0.15) is 26.7 Å². The summed E-state index contributed by atoms with van der Waals surface area (Å²) in [4.78, 5) is 0. The van der Waals surface area contributed by atoms with Crippen LogP contribution in [-0.2, 0) is 4.74 Å². The first kappa shape index (κ1) is 12.6. The van der Waals surface area contributed by atoms with Crippen LogP contribution in [0.25, 0.3) is 0 Å². The number of hydrogen-bond donors (Lipinski definition) is 1. The fraction of sp³-hybridized carbons (Fsp3) is 1.00. The zero-order valence-corrected chi connectivity index (χ0v) is 7.74. The molecule has 0 atom stereocenters. The van der Waals surface area contributed by atoms with E-state index < -0.39 is 0 Å². The summed E-state index contributed by atoms with van der Waals surface area (Å²) < 4.78 is 4.94. The third-order valence-corrected chi connectivity index (χ3v) is 0.827. The monoisotopic (exact) mass is 147 g/mol. The van der Waals surface area contributed by atoms with E-state index in [4.69, 9.17) is 4.74 Å². The maximum absolute atomic E-state index is 4.94. The lowest BCUT2D eigenvalue weighted by Gasteiger charge is -1.76. The molecule has 0 amide bonds. The second-order valence-corrected chi connectivity index (χ2v) is 1.82. The van der Waals surface area contributed by atoms with Crippen molar-refractivity contribution in [2.75, 3.05) is 27.3 Å². The molecule has 1 fully saturated rings. The Hall–Kier alpha value is -0.0800. The SMILES string of the molecule is C1CCOC1.CC.CNC. The van der Waals surface area contributed by atoms with Gasteiger partial charge in [-0.05, 0) is 26.9 Å². The molecule has 0 radical (unpaired) electrons. The summed E-state index contributed by atoms with van der Waals surface area (Å²) in [5.41, 5.74) is 0. The Morgan fingerprint density at radius 1 is 1.00 bits per heavy atom. The van der Waals surface area contributed by atoms with Gasteiger partial charge in [-0.3, -0.25) is 0 Å². The van der Waals surface area contributed by atoms with Gasteiger partial charge in [0.2, 0.25) is 0 Å². The van der Waals surface area contributed by atoms with Crippen molar-refractivity contribution in [3.05, 3.63) is 0 Å². The van der Waals surface area contributed by atoms with Gasteiger partial charge in [0.05, 0.1) is 0 Å². The predicted octanol–water partition coefficient (Wildman–Crippen LogP) is 1.66. The Balaban J connectivity index is 0. The molecule has 2 heteroatoms. The molecule has 64 valence electrons. The van der Waals surface area contributed by atoms with E-state index in [-0.39, 0.29) is 0 Å². The van der Waals surface area contributed by atoms with Gasteiger partial charge >= 0.3 is 0 Å². The minimum atomic E-state index is 1.00. The van der Waals surface area contributed by atoms with Crippen LogP contribution in [0.15, 0.2) is 0 Å². The summed E-state index contributed by atoms with van der Waals surface area (Å²) in [5.74, 6) is 0. The number of ether oxygens (including phenoxy) is 1. The molecule has 0 spiro atoms. The zero-order valence-electron chi connectivity index (χ0n) is 7.74. The van der Waals surface area contributed by atoms with Gasteiger partial charge in [-0.2, -0.15) is 0 Å². The van der Waals surface area contributed by atoms with Crippen LogP contribution in [-0.4, -0.2) is 27.3 Å². The van der Waals surface area contributed by atoms with E-state index >= 15 is 0 Å². The lowest BCUT2D eigenvalue weighted by Crippen LogP contribution is -1.89. The number of hydrogen-bond acceptors (Lipinski definition) is 2. The molecule has 1 N–H and O–H groups in total. The summed E-state index contributed by atoms with van der Waals surface area (Å²) in [6.07, 6.45) is 2.56. The van der Waals surface area contributed by atoms with Gasteiger partial charge in [-0.1, -0.05) is 13.8 Å². The molecule has 0 aromatic rings. The molecule has 0 aromatic heterocycles. The molecule has 1 heterocycles. The molecule has 2 nitrogen and oxygen atoms in total. The molecular formula is C8H21NO. The highest BCUT2D eigenvalue weighted by atomic mass is 16.5. The Labute approximate surface area is 65.0 Å². The van der Waals surface area contributed by atoms with E-state index in [1.54, 1.807) is 0 Å². The second-order valence-electron chi connectivity index (χ2n) is 1.82. The standard InChI is InChI=1S/C4H8O.C2H7N.C2H6/c1-2-4-5-3-1;1-3-2;1-2/h1-4H2;3H,1-2H3;1-2H3. The first-order valence-electron chi connectivity index (χ1n) is 4.08. The van der Waals surface area contributed by atoms with Crippen molar-refractivity contribution < 1.29 is 4.74 Å².